The van der Waals surface area contributed by atoms with Crippen molar-refractivity contribution in [1.29, 1.82) is 0 Å². The molecule has 4 rings (SSSR count). The van der Waals surface area contributed by atoms with Gasteiger partial charge in [0.05, 0.1) is 12.5 Å². The molecule has 3 aromatic rings. The molecule has 0 unspecified atom stereocenters. The summed E-state index contributed by atoms with van der Waals surface area (Å²) in [5.41, 5.74) is 3.01. The van der Waals surface area contributed by atoms with E-state index in [2.05, 4.69) is 15.7 Å². The first-order valence-corrected chi connectivity index (χ1v) is 9.01. The predicted molar refractivity (Wildman–Crippen MR) is 102 cm³/mol. The minimum atomic E-state index is -0.636. The lowest BCUT2D eigenvalue weighted by atomic mass is 9.89. The highest BCUT2D eigenvalue weighted by atomic mass is 19.1. The van der Waals surface area contributed by atoms with E-state index in [4.69, 9.17) is 0 Å². The van der Waals surface area contributed by atoms with Crippen molar-refractivity contribution in [2.24, 2.45) is 0 Å². The fourth-order valence-corrected chi connectivity index (χ4v) is 3.43. The Morgan fingerprint density at radius 1 is 1.21 bits per heavy atom. The highest BCUT2D eigenvalue weighted by Crippen LogP contribution is 2.32. The summed E-state index contributed by atoms with van der Waals surface area (Å²) in [4.78, 5) is 24.7. The zero-order valence-corrected chi connectivity index (χ0v) is 15.1. The molecule has 1 aliphatic heterocycles. The lowest BCUT2D eigenvalue weighted by Crippen LogP contribution is -2.35. The Morgan fingerprint density at radius 3 is 2.82 bits per heavy atom. The summed E-state index contributed by atoms with van der Waals surface area (Å²) in [5.74, 6) is -1.63. The second-order valence-corrected chi connectivity index (χ2v) is 6.73. The Labute approximate surface area is 161 Å². The van der Waals surface area contributed by atoms with E-state index in [1.165, 1.54) is 12.1 Å². The van der Waals surface area contributed by atoms with Crippen LogP contribution in [0.1, 0.15) is 29.0 Å². The Morgan fingerprint density at radius 2 is 2.04 bits per heavy atom. The predicted octanol–water partition coefficient (Wildman–Crippen LogP) is 2.81. The molecule has 1 aromatic heterocycles. The molecule has 1 aliphatic rings. The van der Waals surface area contributed by atoms with Crippen molar-refractivity contribution >= 4 is 17.5 Å². The number of nitrogens with zero attached hydrogens (tertiary/aromatic N) is 2. The van der Waals surface area contributed by atoms with Crippen LogP contribution in [0.3, 0.4) is 0 Å². The van der Waals surface area contributed by atoms with E-state index in [1.54, 1.807) is 12.3 Å². The molecule has 0 radical (unpaired) electrons. The highest BCUT2D eigenvalue weighted by molar-refractivity contribution is 6.01. The molecule has 2 N–H and O–H groups in total. The van der Waals surface area contributed by atoms with Gasteiger partial charge in [-0.25, -0.2) is 4.39 Å². The molecule has 28 heavy (non-hydrogen) atoms. The third-order valence-corrected chi connectivity index (χ3v) is 4.83. The van der Waals surface area contributed by atoms with Gasteiger partial charge in [0.1, 0.15) is 5.82 Å². The number of aromatic nitrogens is 2. The minimum Gasteiger partial charge on any atom is -0.351 e. The molecule has 0 saturated carbocycles. The second-order valence-electron chi connectivity index (χ2n) is 6.73. The zero-order chi connectivity index (χ0) is 19.5. The molecule has 1 atom stereocenters. The standard InChI is InChI=1S/C21H19FN4O2/c22-16-6-7-17-18(11-20(27)25-19(17)10-16)21(28)23-12-14-4-1-2-5-15(14)13-26-9-3-8-24-26/h1-10,18H,11-13H2,(H,23,28)(H,25,27)/t18-/m0/s1. The summed E-state index contributed by atoms with van der Waals surface area (Å²) in [6.45, 7) is 0.942. The number of hydrogen-bond donors (Lipinski definition) is 2. The van der Waals surface area contributed by atoms with Gasteiger partial charge in [0.2, 0.25) is 11.8 Å². The Bertz CT molecular complexity index is 1020. The summed E-state index contributed by atoms with van der Waals surface area (Å²) in [6, 6.07) is 13.8. The zero-order valence-electron chi connectivity index (χ0n) is 15.1. The van der Waals surface area contributed by atoms with E-state index < -0.39 is 11.7 Å². The van der Waals surface area contributed by atoms with Gasteiger partial charge in [-0.1, -0.05) is 30.3 Å². The first kappa shape index (κ1) is 17.9. The maximum atomic E-state index is 13.5. The maximum absolute atomic E-state index is 13.5. The van der Waals surface area contributed by atoms with Crippen LogP contribution in [0, 0.1) is 5.82 Å². The summed E-state index contributed by atoms with van der Waals surface area (Å²) >= 11 is 0. The molecule has 0 spiro atoms. The first-order valence-electron chi connectivity index (χ1n) is 9.01. The van der Waals surface area contributed by atoms with Crippen LogP contribution in [0.15, 0.2) is 60.9 Å². The van der Waals surface area contributed by atoms with Crippen LogP contribution in [-0.4, -0.2) is 21.6 Å². The van der Waals surface area contributed by atoms with Gasteiger partial charge >= 0.3 is 0 Å². The van der Waals surface area contributed by atoms with Crippen LogP contribution in [0.5, 0.6) is 0 Å². The van der Waals surface area contributed by atoms with E-state index in [1.807, 2.05) is 41.2 Å². The average Bonchev–Trinajstić information content (AvgIpc) is 3.19. The number of carbonyl (C=O) groups is 2. The monoisotopic (exact) mass is 378 g/mol. The minimum absolute atomic E-state index is 0.0411. The van der Waals surface area contributed by atoms with Crippen LogP contribution in [0.2, 0.25) is 0 Å². The van der Waals surface area contributed by atoms with E-state index in [0.717, 1.165) is 11.1 Å². The van der Waals surface area contributed by atoms with Crippen LogP contribution < -0.4 is 10.6 Å². The van der Waals surface area contributed by atoms with Gasteiger partial charge in [0.25, 0.3) is 0 Å². The molecule has 2 amide bonds. The van der Waals surface area contributed by atoms with Crippen LogP contribution in [0.25, 0.3) is 0 Å². The summed E-state index contributed by atoms with van der Waals surface area (Å²) in [6.07, 6.45) is 3.64. The smallest absolute Gasteiger partial charge is 0.228 e. The largest absolute Gasteiger partial charge is 0.351 e. The van der Waals surface area contributed by atoms with E-state index >= 15 is 0 Å². The third kappa shape index (κ3) is 3.78. The SMILES string of the molecule is O=C1C[C@H](C(=O)NCc2ccccc2Cn2cccn2)c2ccc(F)cc2N1. The molecular weight excluding hydrogens is 359 g/mol. The van der Waals surface area contributed by atoms with Gasteiger partial charge in [-0.2, -0.15) is 5.10 Å². The van der Waals surface area contributed by atoms with Crippen LogP contribution >= 0.6 is 0 Å². The molecule has 2 heterocycles. The normalized spacial score (nSPS) is 15.6. The van der Waals surface area contributed by atoms with Crippen LogP contribution in [0.4, 0.5) is 10.1 Å². The van der Waals surface area contributed by atoms with Crippen molar-refractivity contribution in [3.05, 3.63) is 83.4 Å². The number of hydrogen-bond acceptors (Lipinski definition) is 3. The molecule has 0 aliphatic carbocycles. The number of amides is 2. The Balaban J connectivity index is 1.49. The number of anilines is 1. The van der Waals surface area contributed by atoms with Crippen molar-refractivity contribution in [2.75, 3.05) is 5.32 Å². The van der Waals surface area contributed by atoms with Gasteiger partial charge in [0.15, 0.2) is 0 Å². The summed E-state index contributed by atoms with van der Waals surface area (Å²) in [7, 11) is 0. The Hall–Kier alpha value is -3.48. The molecule has 6 nitrogen and oxygen atoms in total. The number of rotatable bonds is 5. The molecule has 0 fully saturated rings. The molecule has 7 heteroatoms. The van der Waals surface area contributed by atoms with E-state index in [9.17, 15) is 14.0 Å². The third-order valence-electron chi connectivity index (χ3n) is 4.83. The quantitative estimate of drug-likeness (QED) is 0.717. The lowest BCUT2D eigenvalue weighted by molar-refractivity contribution is -0.126. The maximum Gasteiger partial charge on any atom is 0.228 e. The van der Waals surface area contributed by atoms with Crippen molar-refractivity contribution in [1.82, 2.24) is 15.1 Å². The summed E-state index contributed by atoms with van der Waals surface area (Å²) in [5, 5.41) is 9.76. The van der Waals surface area contributed by atoms with Crippen LogP contribution in [-0.2, 0) is 22.7 Å². The van der Waals surface area contributed by atoms with Gasteiger partial charge in [-0.3, -0.25) is 14.3 Å². The lowest BCUT2D eigenvalue weighted by Gasteiger charge is -2.25. The Kier molecular flexibility index (Phi) is 4.89. The number of halogens is 1. The van der Waals surface area contributed by atoms with Gasteiger partial charge < -0.3 is 10.6 Å². The molecule has 142 valence electrons. The number of fused-ring (bicyclic) bond motifs is 1. The second kappa shape index (κ2) is 7.64. The van der Waals surface area contributed by atoms with Gasteiger partial charge in [-0.15, -0.1) is 0 Å². The molecular formula is C21H19FN4O2. The topological polar surface area (TPSA) is 76.0 Å². The fraction of sp³-hybridized carbons (Fsp3) is 0.190. The summed E-state index contributed by atoms with van der Waals surface area (Å²) < 4.78 is 15.3. The van der Waals surface area contributed by atoms with Crippen molar-refractivity contribution in [3.63, 3.8) is 0 Å². The van der Waals surface area contributed by atoms with Crippen molar-refractivity contribution in [2.45, 2.75) is 25.4 Å². The first-order chi connectivity index (χ1) is 13.6. The van der Waals surface area contributed by atoms with Crippen molar-refractivity contribution < 1.29 is 14.0 Å². The van der Waals surface area contributed by atoms with Gasteiger partial charge in [-0.05, 0) is 34.9 Å². The molecule has 0 saturated heterocycles. The highest BCUT2D eigenvalue weighted by Gasteiger charge is 2.30. The van der Waals surface area contributed by atoms with Crippen molar-refractivity contribution in [3.8, 4) is 0 Å². The average molecular weight is 378 g/mol. The van der Waals surface area contributed by atoms with E-state index in [-0.39, 0.29) is 18.2 Å². The molecule has 2 aromatic carbocycles. The molecule has 0 bridgehead atoms. The number of benzene rings is 2. The van der Waals surface area contributed by atoms with E-state index in [0.29, 0.717) is 24.3 Å². The van der Waals surface area contributed by atoms with Gasteiger partial charge in [0, 0.05) is 31.0 Å². The fourth-order valence-electron chi connectivity index (χ4n) is 3.43. The number of nitrogens with one attached hydrogen (secondary N) is 2. The number of carbonyl (C=O) groups excluding carboxylic acids is 2.